The van der Waals surface area contributed by atoms with Crippen molar-refractivity contribution in [1.29, 1.82) is 0 Å². The van der Waals surface area contributed by atoms with Gasteiger partial charge in [0.2, 0.25) is 0 Å². The first kappa shape index (κ1) is 13.5. The molecule has 17 heavy (non-hydrogen) atoms. The average Bonchev–Trinajstić information content (AvgIpc) is 2.35. The van der Waals surface area contributed by atoms with Gasteiger partial charge in [0.25, 0.3) is 0 Å². The van der Waals surface area contributed by atoms with Gasteiger partial charge in [-0.1, -0.05) is 43.3 Å². The Kier molecular flexibility index (Phi) is 5.43. The van der Waals surface area contributed by atoms with Gasteiger partial charge in [-0.25, -0.2) is 4.79 Å². The van der Waals surface area contributed by atoms with Crippen LogP contribution in [0.1, 0.15) is 31.9 Å². The van der Waals surface area contributed by atoms with Gasteiger partial charge < -0.3 is 10.4 Å². The van der Waals surface area contributed by atoms with Crippen LogP contribution < -0.4 is 5.32 Å². The van der Waals surface area contributed by atoms with Gasteiger partial charge in [0.1, 0.15) is 0 Å². The first-order chi connectivity index (χ1) is 8.15. The second-order valence-corrected chi connectivity index (χ2v) is 3.93. The van der Waals surface area contributed by atoms with Crippen molar-refractivity contribution < 1.29 is 9.90 Å². The third-order valence-corrected chi connectivity index (χ3v) is 2.73. The van der Waals surface area contributed by atoms with Gasteiger partial charge in [0.15, 0.2) is 0 Å². The van der Waals surface area contributed by atoms with Crippen molar-refractivity contribution >= 4 is 5.97 Å². The number of rotatable bonds is 6. The Balaban J connectivity index is 2.49. The summed E-state index contributed by atoms with van der Waals surface area (Å²) < 4.78 is 0. The van der Waals surface area contributed by atoms with E-state index in [0.717, 1.165) is 0 Å². The van der Waals surface area contributed by atoms with E-state index < -0.39 is 5.97 Å². The Bertz CT molecular complexity index is 384. The van der Waals surface area contributed by atoms with Gasteiger partial charge in [-0.15, -0.1) is 0 Å². The topological polar surface area (TPSA) is 49.3 Å². The molecule has 2 N–H and O–H groups in total. The predicted octanol–water partition coefficient (Wildman–Crippen LogP) is 2.76. The standard InChI is InChI=1S/C14H19NO2/c1-3-12(14(16)17)9-10-15-11(2)13-7-5-4-6-8-13/h4-9,11,15H,3,10H2,1-2H3,(H,16,17)/b12-9-. The fraction of sp³-hybridized carbons (Fsp3) is 0.357. The molecule has 92 valence electrons. The first-order valence-electron chi connectivity index (χ1n) is 5.85. The van der Waals surface area contributed by atoms with Crippen LogP contribution in [0.4, 0.5) is 0 Å². The summed E-state index contributed by atoms with van der Waals surface area (Å²) in [5.41, 5.74) is 1.66. The molecule has 0 bridgehead atoms. The van der Waals surface area contributed by atoms with Crippen LogP contribution in [0.15, 0.2) is 42.0 Å². The Morgan fingerprint density at radius 2 is 2.06 bits per heavy atom. The van der Waals surface area contributed by atoms with Crippen molar-refractivity contribution in [2.45, 2.75) is 26.3 Å². The van der Waals surface area contributed by atoms with E-state index in [2.05, 4.69) is 24.4 Å². The average molecular weight is 233 g/mol. The number of aliphatic carboxylic acids is 1. The van der Waals surface area contributed by atoms with Crippen molar-refractivity contribution in [2.75, 3.05) is 6.54 Å². The van der Waals surface area contributed by atoms with Gasteiger partial charge in [0, 0.05) is 18.2 Å². The van der Waals surface area contributed by atoms with Crippen molar-refractivity contribution in [3.05, 3.63) is 47.5 Å². The number of carboxylic acid groups (broad SMARTS) is 1. The Hall–Kier alpha value is -1.61. The molecule has 3 heteroatoms. The summed E-state index contributed by atoms with van der Waals surface area (Å²) in [7, 11) is 0. The largest absolute Gasteiger partial charge is 0.478 e. The summed E-state index contributed by atoms with van der Waals surface area (Å²) in [5, 5.41) is 12.1. The van der Waals surface area contributed by atoms with Gasteiger partial charge in [-0.2, -0.15) is 0 Å². The number of hydrogen-bond acceptors (Lipinski definition) is 2. The van der Waals surface area contributed by atoms with Gasteiger partial charge in [-0.05, 0) is 18.9 Å². The molecule has 1 aromatic carbocycles. The van der Waals surface area contributed by atoms with Crippen LogP contribution >= 0.6 is 0 Å². The van der Waals surface area contributed by atoms with E-state index in [1.165, 1.54) is 5.56 Å². The minimum Gasteiger partial charge on any atom is -0.478 e. The molecule has 0 saturated heterocycles. The summed E-state index contributed by atoms with van der Waals surface area (Å²) in [4.78, 5) is 10.8. The fourth-order valence-electron chi connectivity index (χ4n) is 1.60. The van der Waals surface area contributed by atoms with E-state index in [1.807, 2.05) is 25.1 Å². The zero-order chi connectivity index (χ0) is 12.7. The molecule has 0 aliphatic heterocycles. The van der Waals surface area contributed by atoms with Gasteiger partial charge in [-0.3, -0.25) is 0 Å². The second-order valence-electron chi connectivity index (χ2n) is 3.93. The summed E-state index contributed by atoms with van der Waals surface area (Å²) >= 11 is 0. The zero-order valence-corrected chi connectivity index (χ0v) is 10.3. The van der Waals surface area contributed by atoms with Crippen LogP contribution in [0.5, 0.6) is 0 Å². The maximum absolute atomic E-state index is 10.8. The summed E-state index contributed by atoms with van der Waals surface area (Å²) in [6.07, 6.45) is 2.29. The van der Waals surface area contributed by atoms with Crippen LogP contribution in [0.3, 0.4) is 0 Å². The van der Waals surface area contributed by atoms with Crippen molar-refractivity contribution in [3.63, 3.8) is 0 Å². The van der Waals surface area contributed by atoms with E-state index in [-0.39, 0.29) is 6.04 Å². The summed E-state index contributed by atoms with van der Waals surface area (Å²) in [5.74, 6) is -0.832. The molecule has 0 aliphatic carbocycles. The molecule has 1 aromatic rings. The van der Waals surface area contributed by atoms with Crippen molar-refractivity contribution in [3.8, 4) is 0 Å². The maximum atomic E-state index is 10.8. The lowest BCUT2D eigenvalue weighted by molar-refractivity contribution is -0.132. The van der Waals surface area contributed by atoms with Gasteiger partial charge >= 0.3 is 5.97 Å². The lowest BCUT2D eigenvalue weighted by Gasteiger charge is -2.12. The first-order valence-corrected chi connectivity index (χ1v) is 5.85. The predicted molar refractivity (Wildman–Crippen MR) is 68.9 cm³/mol. The zero-order valence-electron chi connectivity index (χ0n) is 10.3. The monoisotopic (exact) mass is 233 g/mol. The van der Waals surface area contributed by atoms with Crippen LogP contribution in [0.25, 0.3) is 0 Å². The second kappa shape index (κ2) is 6.86. The van der Waals surface area contributed by atoms with E-state index in [1.54, 1.807) is 6.08 Å². The fourth-order valence-corrected chi connectivity index (χ4v) is 1.60. The minimum absolute atomic E-state index is 0.222. The maximum Gasteiger partial charge on any atom is 0.331 e. The van der Waals surface area contributed by atoms with Gasteiger partial charge in [0.05, 0.1) is 0 Å². The smallest absolute Gasteiger partial charge is 0.331 e. The number of benzene rings is 1. The highest BCUT2D eigenvalue weighted by atomic mass is 16.4. The number of carbonyl (C=O) groups is 1. The third kappa shape index (κ3) is 4.41. The highest BCUT2D eigenvalue weighted by Gasteiger charge is 2.05. The van der Waals surface area contributed by atoms with Crippen molar-refractivity contribution in [1.82, 2.24) is 5.32 Å². The van der Waals surface area contributed by atoms with E-state index >= 15 is 0 Å². The molecule has 3 nitrogen and oxygen atoms in total. The molecule has 1 rings (SSSR count). The Morgan fingerprint density at radius 1 is 1.41 bits per heavy atom. The summed E-state index contributed by atoms with van der Waals surface area (Å²) in [6, 6.07) is 10.3. The molecule has 0 fully saturated rings. The van der Waals surface area contributed by atoms with Crippen LogP contribution in [-0.2, 0) is 4.79 Å². The molecule has 0 spiro atoms. The lowest BCUT2D eigenvalue weighted by atomic mass is 10.1. The molecule has 1 atom stereocenters. The normalized spacial score (nSPS) is 13.4. The van der Waals surface area contributed by atoms with Crippen LogP contribution in [0.2, 0.25) is 0 Å². The third-order valence-electron chi connectivity index (χ3n) is 2.73. The Labute approximate surface area is 102 Å². The van der Waals surface area contributed by atoms with E-state index in [9.17, 15) is 4.79 Å². The Morgan fingerprint density at radius 3 is 2.59 bits per heavy atom. The van der Waals surface area contributed by atoms with E-state index in [0.29, 0.717) is 18.5 Å². The molecular weight excluding hydrogens is 214 g/mol. The molecule has 0 heterocycles. The molecule has 0 saturated carbocycles. The molecular formula is C14H19NO2. The highest BCUT2D eigenvalue weighted by Crippen LogP contribution is 2.10. The molecule has 0 aliphatic rings. The number of carboxylic acids is 1. The number of nitrogens with one attached hydrogen (secondary N) is 1. The van der Waals surface area contributed by atoms with Crippen molar-refractivity contribution in [2.24, 2.45) is 0 Å². The molecule has 1 unspecified atom stereocenters. The molecule has 0 aromatic heterocycles. The minimum atomic E-state index is -0.832. The SMILES string of the molecule is CC/C(=C/CNC(C)c1ccccc1)C(=O)O. The number of hydrogen-bond donors (Lipinski definition) is 2. The highest BCUT2D eigenvalue weighted by molar-refractivity contribution is 5.86. The summed E-state index contributed by atoms with van der Waals surface area (Å²) in [6.45, 7) is 4.49. The van der Waals surface area contributed by atoms with E-state index in [4.69, 9.17) is 5.11 Å². The lowest BCUT2D eigenvalue weighted by Crippen LogP contribution is -2.19. The van der Waals surface area contributed by atoms with Crippen LogP contribution in [-0.4, -0.2) is 17.6 Å². The molecule has 0 radical (unpaired) electrons. The molecule has 0 amide bonds. The van der Waals surface area contributed by atoms with Crippen LogP contribution in [0, 0.1) is 0 Å². The quantitative estimate of drug-likeness (QED) is 0.743.